The Kier molecular flexibility index (Phi) is 3.26. The fourth-order valence-corrected chi connectivity index (χ4v) is 1.52. The summed E-state index contributed by atoms with van der Waals surface area (Å²) in [6.07, 6.45) is 2.46. The summed E-state index contributed by atoms with van der Waals surface area (Å²) in [4.78, 5) is 22.2. The van der Waals surface area contributed by atoms with Crippen LogP contribution in [0.2, 0.25) is 0 Å². The van der Waals surface area contributed by atoms with E-state index >= 15 is 0 Å². The lowest BCUT2D eigenvalue weighted by atomic mass is 10.3. The first-order chi connectivity index (χ1) is 8.06. The lowest BCUT2D eigenvalue weighted by Crippen LogP contribution is -2.27. The summed E-state index contributed by atoms with van der Waals surface area (Å²) in [7, 11) is 3.72. The van der Waals surface area contributed by atoms with E-state index in [-0.39, 0.29) is 5.91 Å². The number of carbonyl (C=O) groups is 1. The lowest BCUT2D eigenvalue weighted by molar-refractivity contribution is 0.0946. The van der Waals surface area contributed by atoms with Gasteiger partial charge in [-0.3, -0.25) is 4.79 Å². The van der Waals surface area contributed by atoms with Gasteiger partial charge in [0.15, 0.2) is 0 Å². The zero-order chi connectivity index (χ0) is 12.4. The molecule has 0 unspecified atom stereocenters. The first-order valence-electron chi connectivity index (χ1n) is 5.87. The Morgan fingerprint density at radius 3 is 2.76 bits per heavy atom. The van der Waals surface area contributed by atoms with E-state index in [2.05, 4.69) is 15.3 Å². The van der Waals surface area contributed by atoms with Crippen molar-refractivity contribution in [1.29, 1.82) is 0 Å². The van der Waals surface area contributed by atoms with Crippen LogP contribution in [0.5, 0.6) is 0 Å². The maximum Gasteiger partial charge on any atom is 0.270 e. The predicted molar refractivity (Wildman–Crippen MR) is 66.2 cm³/mol. The molecule has 1 aliphatic rings. The predicted octanol–water partition coefficient (Wildman–Crippen LogP) is 0.991. The van der Waals surface area contributed by atoms with Gasteiger partial charge < -0.3 is 10.2 Å². The third-order valence-electron chi connectivity index (χ3n) is 2.72. The van der Waals surface area contributed by atoms with E-state index in [1.54, 1.807) is 11.0 Å². The molecular weight excluding hydrogens is 216 g/mol. The molecule has 0 aliphatic heterocycles. The summed E-state index contributed by atoms with van der Waals surface area (Å²) < 4.78 is 0. The van der Waals surface area contributed by atoms with Crippen LogP contribution in [0.1, 0.15) is 29.0 Å². The Balaban J connectivity index is 2.09. The molecule has 1 saturated carbocycles. The van der Waals surface area contributed by atoms with Crippen molar-refractivity contribution in [3.05, 3.63) is 17.5 Å². The van der Waals surface area contributed by atoms with Gasteiger partial charge in [0.1, 0.15) is 5.69 Å². The summed E-state index contributed by atoms with van der Waals surface area (Å²) in [5.41, 5.74) is 1.25. The average molecular weight is 234 g/mol. The summed E-state index contributed by atoms with van der Waals surface area (Å²) in [6, 6.07) is 1.72. The van der Waals surface area contributed by atoms with Crippen LogP contribution in [0.25, 0.3) is 0 Å². The summed E-state index contributed by atoms with van der Waals surface area (Å²) in [6.45, 7) is 2.63. The molecule has 92 valence electrons. The molecule has 0 aromatic carbocycles. The summed E-state index contributed by atoms with van der Waals surface area (Å²) in [5.74, 6) is 1.14. The second-order valence-electron chi connectivity index (χ2n) is 4.74. The largest absolute Gasteiger partial charge is 0.350 e. The molecule has 0 atom stereocenters. The van der Waals surface area contributed by atoms with E-state index in [9.17, 15) is 4.79 Å². The van der Waals surface area contributed by atoms with Crippen LogP contribution >= 0.6 is 0 Å². The Morgan fingerprint density at radius 2 is 2.18 bits per heavy atom. The van der Waals surface area contributed by atoms with Crippen molar-refractivity contribution in [2.45, 2.75) is 19.8 Å². The van der Waals surface area contributed by atoms with Crippen LogP contribution in [0.4, 0.5) is 5.95 Å². The first-order valence-corrected chi connectivity index (χ1v) is 5.87. The van der Waals surface area contributed by atoms with Gasteiger partial charge in [-0.25, -0.2) is 9.97 Å². The molecule has 0 saturated heterocycles. The summed E-state index contributed by atoms with van der Waals surface area (Å²) >= 11 is 0. The molecule has 17 heavy (non-hydrogen) atoms. The number of aryl methyl sites for hydroxylation is 1. The molecule has 0 spiro atoms. The van der Waals surface area contributed by atoms with Gasteiger partial charge in [0.2, 0.25) is 5.95 Å². The average Bonchev–Trinajstić information content (AvgIpc) is 3.08. The highest BCUT2D eigenvalue weighted by molar-refractivity contribution is 5.92. The number of hydrogen-bond acceptors (Lipinski definition) is 4. The quantitative estimate of drug-likeness (QED) is 0.844. The van der Waals surface area contributed by atoms with Crippen molar-refractivity contribution in [2.24, 2.45) is 5.92 Å². The first kappa shape index (κ1) is 11.8. The van der Waals surface area contributed by atoms with Gasteiger partial charge in [-0.2, -0.15) is 0 Å². The van der Waals surface area contributed by atoms with Crippen LogP contribution in [0.15, 0.2) is 6.07 Å². The highest BCUT2D eigenvalue weighted by Gasteiger charge is 2.22. The smallest absolute Gasteiger partial charge is 0.270 e. The minimum Gasteiger partial charge on any atom is -0.350 e. The molecule has 0 bridgehead atoms. The number of nitrogens with zero attached hydrogens (tertiary/aromatic N) is 3. The minimum absolute atomic E-state index is 0.106. The Labute approximate surface area is 101 Å². The van der Waals surface area contributed by atoms with Crippen molar-refractivity contribution in [3.63, 3.8) is 0 Å². The molecule has 5 nitrogen and oxygen atoms in total. The van der Waals surface area contributed by atoms with E-state index in [0.717, 1.165) is 12.2 Å². The maximum atomic E-state index is 11.9. The van der Waals surface area contributed by atoms with Gasteiger partial charge >= 0.3 is 0 Å². The van der Waals surface area contributed by atoms with E-state index in [1.807, 2.05) is 21.0 Å². The van der Waals surface area contributed by atoms with Gasteiger partial charge in [0, 0.05) is 26.3 Å². The Morgan fingerprint density at radius 1 is 1.47 bits per heavy atom. The van der Waals surface area contributed by atoms with Crippen molar-refractivity contribution in [1.82, 2.24) is 15.3 Å². The van der Waals surface area contributed by atoms with Crippen LogP contribution < -0.4 is 10.2 Å². The number of carbonyl (C=O) groups excluding carboxylic acids is 1. The highest BCUT2D eigenvalue weighted by atomic mass is 16.1. The highest BCUT2D eigenvalue weighted by Crippen LogP contribution is 2.27. The monoisotopic (exact) mass is 234 g/mol. The molecule has 1 aliphatic carbocycles. The number of anilines is 1. The summed E-state index contributed by atoms with van der Waals surface area (Å²) in [5, 5.41) is 2.91. The molecule has 1 N–H and O–H groups in total. The van der Waals surface area contributed by atoms with Crippen LogP contribution in [-0.2, 0) is 0 Å². The van der Waals surface area contributed by atoms with Gasteiger partial charge in [-0.15, -0.1) is 0 Å². The maximum absolute atomic E-state index is 11.9. The van der Waals surface area contributed by atoms with E-state index in [1.165, 1.54) is 12.8 Å². The van der Waals surface area contributed by atoms with Gasteiger partial charge in [-0.05, 0) is 31.7 Å². The van der Waals surface area contributed by atoms with Crippen LogP contribution in [0, 0.1) is 12.8 Å². The molecule has 0 radical (unpaired) electrons. The Hall–Kier alpha value is -1.65. The molecule has 1 heterocycles. The normalized spacial score (nSPS) is 14.5. The Bertz CT molecular complexity index is 427. The zero-order valence-electron chi connectivity index (χ0n) is 10.5. The van der Waals surface area contributed by atoms with E-state index in [0.29, 0.717) is 17.6 Å². The molecule has 1 aromatic heterocycles. The van der Waals surface area contributed by atoms with E-state index in [4.69, 9.17) is 0 Å². The van der Waals surface area contributed by atoms with Crippen LogP contribution in [-0.4, -0.2) is 36.5 Å². The van der Waals surface area contributed by atoms with Crippen LogP contribution in [0.3, 0.4) is 0 Å². The number of hydrogen-bond donors (Lipinski definition) is 1. The number of rotatable bonds is 4. The van der Waals surface area contributed by atoms with Crippen molar-refractivity contribution >= 4 is 11.9 Å². The van der Waals surface area contributed by atoms with E-state index < -0.39 is 0 Å². The molecule has 1 fully saturated rings. The fourth-order valence-electron chi connectivity index (χ4n) is 1.52. The van der Waals surface area contributed by atoms with Crippen molar-refractivity contribution in [2.75, 3.05) is 25.5 Å². The third kappa shape index (κ3) is 3.15. The minimum atomic E-state index is -0.106. The molecular formula is C12H18N4O. The van der Waals surface area contributed by atoms with Crippen molar-refractivity contribution in [3.8, 4) is 0 Å². The topological polar surface area (TPSA) is 58.1 Å². The zero-order valence-corrected chi connectivity index (χ0v) is 10.5. The van der Waals surface area contributed by atoms with Gasteiger partial charge in [0.05, 0.1) is 0 Å². The number of amides is 1. The fraction of sp³-hybridized carbons (Fsp3) is 0.583. The number of nitrogens with one attached hydrogen (secondary N) is 1. The standard InChI is InChI=1S/C12H18N4O/c1-8-6-10(15-12(14-8)16(2)3)11(17)13-7-9-4-5-9/h6,9H,4-5,7H2,1-3H3,(H,13,17). The SMILES string of the molecule is Cc1cc(C(=O)NCC2CC2)nc(N(C)C)n1. The van der Waals surface area contributed by atoms with Crippen molar-refractivity contribution < 1.29 is 4.79 Å². The second-order valence-corrected chi connectivity index (χ2v) is 4.74. The lowest BCUT2D eigenvalue weighted by Gasteiger charge is -2.12. The molecule has 5 heteroatoms. The van der Waals surface area contributed by atoms with Gasteiger partial charge in [-0.1, -0.05) is 0 Å². The molecule has 1 amide bonds. The van der Waals surface area contributed by atoms with Gasteiger partial charge in [0.25, 0.3) is 5.91 Å². The number of aromatic nitrogens is 2. The molecule has 2 rings (SSSR count). The second kappa shape index (κ2) is 4.69. The third-order valence-corrected chi connectivity index (χ3v) is 2.72. The molecule has 1 aromatic rings.